The van der Waals surface area contributed by atoms with Crippen molar-refractivity contribution in [1.29, 1.82) is 0 Å². The highest BCUT2D eigenvalue weighted by Gasteiger charge is 2.06. The minimum atomic E-state index is -0.326. The summed E-state index contributed by atoms with van der Waals surface area (Å²) in [6, 6.07) is 8.62. The van der Waals surface area contributed by atoms with Crippen molar-refractivity contribution in [2.24, 2.45) is 5.11 Å². The molecule has 0 fully saturated rings. The molecule has 0 saturated heterocycles. The summed E-state index contributed by atoms with van der Waals surface area (Å²) in [4.78, 5) is 25.4. The van der Waals surface area contributed by atoms with Gasteiger partial charge in [-0.15, -0.1) is 0 Å². The highest BCUT2D eigenvalue weighted by molar-refractivity contribution is 5.96. The van der Waals surface area contributed by atoms with Crippen molar-refractivity contribution in [3.8, 4) is 0 Å². The number of nitrogens with zero attached hydrogens (tertiary/aromatic N) is 3. The Bertz CT molecular complexity index is 454. The van der Waals surface area contributed by atoms with Gasteiger partial charge in [0.25, 0.3) is 5.91 Å². The summed E-state index contributed by atoms with van der Waals surface area (Å²) in [5.41, 5.74) is 8.52. The predicted molar refractivity (Wildman–Crippen MR) is 65.8 cm³/mol. The molecule has 0 aliphatic heterocycles. The average Bonchev–Trinajstić information content (AvgIpc) is 2.42. The first kappa shape index (κ1) is 13.5. The van der Waals surface area contributed by atoms with Gasteiger partial charge in [0.15, 0.2) is 0 Å². The van der Waals surface area contributed by atoms with Crippen molar-refractivity contribution in [1.82, 2.24) is 10.6 Å². The fourth-order valence-corrected chi connectivity index (χ4v) is 1.20. The molecule has 0 radical (unpaired) electrons. The summed E-state index contributed by atoms with van der Waals surface area (Å²) in [5.74, 6) is -0.631. The molecule has 1 rings (SSSR count). The molecule has 0 aliphatic rings. The van der Waals surface area contributed by atoms with Crippen LogP contribution < -0.4 is 10.6 Å². The quantitative estimate of drug-likeness (QED) is 0.336. The molecule has 7 nitrogen and oxygen atoms in total. The molecule has 0 bridgehead atoms. The van der Waals surface area contributed by atoms with Crippen LogP contribution in [0.2, 0.25) is 0 Å². The zero-order valence-electron chi connectivity index (χ0n) is 9.67. The molecular weight excluding hydrogens is 234 g/mol. The average molecular weight is 247 g/mol. The molecule has 18 heavy (non-hydrogen) atoms. The molecule has 0 spiro atoms. The van der Waals surface area contributed by atoms with E-state index in [4.69, 9.17) is 5.53 Å². The maximum absolute atomic E-state index is 11.6. The molecule has 0 atom stereocenters. The summed E-state index contributed by atoms with van der Waals surface area (Å²) in [6.45, 7) is 0.336. The van der Waals surface area contributed by atoms with Crippen molar-refractivity contribution in [3.05, 3.63) is 46.3 Å². The number of azide groups is 1. The fraction of sp³-hybridized carbons (Fsp3) is 0.273. The molecule has 1 aromatic carbocycles. The van der Waals surface area contributed by atoms with E-state index < -0.39 is 0 Å². The Labute approximate surface area is 104 Å². The minimum Gasteiger partial charge on any atom is -0.354 e. The highest BCUT2D eigenvalue weighted by atomic mass is 16.2. The van der Waals surface area contributed by atoms with Gasteiger partial charge in [-0.25, -0.2) is 0 Å². The van der Waals surface area contributed by atoms with Crippen LogP contribution in [-0.2, 0) is 4.79 Å². The van der Waals surface area contributed by atoms with Crippen LogP contribution in [0.4, 0.5) is 0 Å². The van der Waals surface area contributed by atoms with Gasteiger partial charge < -0.3 is 10.6 Å². The van der Waals surface area contributed by atoms with Gasteiger partial charge in [0.2, 0.25) is 5.91 Å². The predicted octanol–water partition coefficient (Wildman–Crippen LogP) is 0.843. The Morgan fingerprint density at radius 2 is 1.94 bits per heavy atom. The van der Waals surface area contributed by atoms with Crippen LogP contribution >= 0.6 is 0 Å². The first-order valence-corrected chi connectivity index (χ1v) is 5.35. The number of carbonyl (C=O) groups excluding carboxylic acids is 2. The topological polar surface area (TPSA) is 107 Å². The van der Waals surface area contributed by atoms with Crippen LogP contribution in [0.1, 0.15) is 10.4 Å². The zero-order chi connectivity index (χ0) is 13.2. The summed E-state index contributed by atoms with van der Waals surface area (Å²) in [7, 11) is 0. The lowest BCUT2D eigenvalue weighted by Crippen LogP contribution is -2.37. The van der Waals surface area contributed by atoms with Crippen LogP contribution in [0, 0.1) is 0 Å². The van der Waals surface area contributed by atoms with E-state index in [1.54, 1.807) is 30.3 Å². The van der Waals surface area contributed by atoms with E-state index >= 15 is 0 Å². The SMILES string of the molecule is [N-]=[N+]=NCCNC(=O)CNC(=O)c1ccccc1. The summed E-state index contributed by atoms with van der Waals surface area (Å²) in [6.07, 6.45) is 0. The van der Waals surface area contributed by atoms with E-state index in [9.17, 15) is 9.59 Å². The Morgan fingerprint density at radius 1 is 1.22 bits per heavy atom. The smallest absolute Gasteiger partial charge is 0.251 e. The molecule has 0 aliphatic carbocycles. The molecule has 2 amide bonds. The molecule has 7 heteroatoms. The molecule has 2 N–H and O–H groups in total. The van der Waals surface area contributed by atoms with Gasteiger partial charge in [0, 0.05) is 23.6 Å². The zero-order valence-corrected chi connectivity index (χ0v) is 9.67. The number of hydrogen-bond acceptors (Lipinski definition) is 3. The molecule has 0 aromatic heterocycles. The fourth-order valence-electron chi connectivity index (χ4n) is 1.20. The molecular formula is C11H13N5O2. The second kappa shape index (κ2) is 7.70. The van der Waals surface area contributed by atoms with Gasteiger partial charge in [-0.2, -0.15) is 0 Å². The number of benzene rings is 1. The lowest BCUT2D eigenvalue weighted by molar-refractivity contribution is -0.120. The molecule has 0 unspecified atom stereocenters. The number of amides is 2. The van der Waals surface area contributed by atoms with Crippen LogP contribution in [0.3, 0.4) is 0 Å². The Morgan fingerprint density at radius 3 is 2.61 bits per heavy atom. The van der Waals surface area contributed by atoms with Gasteiger partial charge in [0.05, 0.1) is 6.54 Å². The van der Waals surface area contributed by atoms with Gasteiger partial charge in [0.1, 0.15) is 0 Å². The maximum Gasteiger partial charge on any atom is 0.251 e. The van der Waals surface area contributed by atoms with E-state index in [1.807, 2.05) is 0 Å². The summed E-state index contributed by atoms with van der Waals surface area (Å²) < 4.78 is 0. The standard InChI is InChI=1S/C11H13N5O2/c12-16-15-7-6-13-10(17)8-14-11(18)9-4-2-1-3-5-9/h1-5H,6-8H2,(H,13,17)(H,14,18). The van der Waals surface area contributed by atoms with Crippen molar-refractivity contribution in [2.75, 3.05) is 19.6 Å². The van der Waals surface area contributed by atoms with E-state index in [0.29, 0.717) is 5.56 Å². The third-order valence-electron chi connectivity index (χ3n) is 2.04. The summed E-state index contributed by atoms with van der Waals surface area (Å²) >= 11 is 0. The van der Waals surface area contributed by atoms with E-state index in [0.717, 1.165) is 0 Å². The number of carbonyl (C=O) groups is 2. The lowest BCUT2D eigenvalue weighted by atomic mass is 10.2. The first-order valence-electron chi connectivity index (χ1n) is 5.35. The lowest BCUT2D eigenvalue weighted by Gasteiger charge is -2.05. The van der Waals surface area contributed by atoms with Crippen molar-refractivity contribution in [3.63, 3.8) is 0 Å². The molecule has 0 heterocycles. The van der Waals surface area contributed by atoms with Crippen molar-refractivity contribution < 1.29 is 9.59 Å². The van der Waals surface area contributed by atoms with E-state index in [1.165, 1.54) is 0 Å². The number of rotatable bonds is 6. The second-order valence-electron chi connectivity index (χ2n) is 3.35. The van der Waals surface area contributed by atoms with Crippen LogP contribution in [0.5, 0.6) is 0 Å². The third-order valence-corrected chi connectivity index (χ3v) is 2.04. The van der Waals surface area contributed by atoms with Crippen LogP contribution in [0.25, 0.3) is 10.4 Å². The first-order chi connectivity index (χ1) is 8.74. The Kier molecular flexibility index (Phi) is 5.79. The normalized spacial score (nSPS) is 9.11. The minimum absolute atomic E-state index is 0.107. The van der Waals surface area contributed by atoms with Gasteiger partial charge in [-0.3, -0.25) is 9.59 Å². The molecule has 0 saturated carbocycles. The number of hydrogen-bond donors (Lipinski definition) is 2. The second-order valence-corrected chi connectivity index (χ2v) is 3.35. The van der Waals surface area contributed by atoms with Gasteiger partial charge in [-0.05, 0) is 17.7 Å². The molecule has 1 aromatic rings. The number of nitrogens with one attached hydrogen (secondary N) is 2. The third kappa shape index (κ3) is 5.00. The Balaban J connectivity index is 2.26. The Hall–Kier alpha value is -2.53. The monoisotopic (exact) mass is 247 g/mol. The van der Waals surface area contributed by atoms with E-state index in [2.05, 4.69) is 20.7 Å². The maximum atomic E-state index is 11.6. The van der Waals surface area contributed by atoms with Gasteiger partial charge >= 0.3 is 0 Å². The van der Waals surface area contributed by atoms with Crippen molar-refractivity contribution >= 4 is 11.8 Å². The van der Waals surface area contributed by atoms with Gasteiger partial charge in [-0.1, -0.05) is 23.3 Å². The largest absolute Gasteiger partial charge is 0.354 e. The van der Waals surface area contributed by atoms with E-state index in [-0.39, 0.29) is 31.4 Å². The van der Waals surface area contributed by atoms with Crippen LogP contribution in [-0.4, -0.2) is 31.4 Å². The van der Waals surface area contributed by atoms with Crippen LogP contribution in [0.15, 0.2) is 35.4 Å². The molecule has 94 valence electrons. The van der Waals surface area contributed by atoms with Crippen molar-refractivity contribution in [2.45, 2.75) is 0 Å². The highest BCUT2D eigenvalue weighted by Crippen LogP contribution is 1.96. The summed E-state index contributed by atoms with van der Waals surface area (Å²) in [5, 5.41) is 8.26.